The molecule has 1 unspecified atom stereocenters. The van der Waals surface area contributed by atoms with E-state index in [2.05, 4.69) is 87.5 Å². The lowest BCUT2D eigenvalue weighted by Crippen LogP contribution is -2.11. The van der Waals surface area contributed by atoms with Crippen molar-refractivity contribution in [3.63, 3.8) is 0 Å². The van der Waals surface area contributed by atoms with Crippen LogP contribution >= 0.6 is 16.2 Å². The fourth-order valence-electron chi connectivity index (χ4n) is 6.20. The van der Waals surface area contributed by atoms with Gasteiger partial charge in [0.15, 0.2) is 0 Å². The molecular formula is C36H40O5P2. The monoisotopic (exact) mass is 614 g/mol. The van der Waals surface area contributed by atoms with Crippen LogP contribution in [0.15, 0.2) is 93.3 Å². The van der Waals surface area contributed by atoms with Gasteiger partial charge in [-0.15, -0.1) is 0 Å². The molecule has 1 fully saturated rings. The molecule has 4 aromatic carbocycles. The first-order valence-electron chi connectivity index (χ1n) is 14.8. The summed E-state index contributed by atoms with van der Waals surface area (Å²) in [4.78, 5) is 0. The van der Waals surface area contributed by atoms with Crippen molar-refractivity contribution in [2.24, 2.45) is 0 Å². The largest absolute Gasteiger partial charge is 0.497 e. The number of benzene rings is 4. The predicted molar refractivity (Wildman–Crippen MR) is 179 cm³/mol. The van der Waals surface area contributed by atoms with Gasteiger partial charge in [0, 0.05) is 27.7 Å². The molecule has 0 saturated carbocycles. The number of aryl methyl sites for hydroxylation is 1. The maximum absolute atomic E-state index is 6.80. The van der Waals surface area contributed by atoms with Gasteiger partial charge in [-0.3, -0.25) is 4.52 Å². The van der Waals surface area contributed by atoms with Crippen molar-refractivity contribution in [1.82, 2.24) is 0 Å². The molecule has 0 radical (unpaired) electrons. The Hall–Kier alpha value is -3.23. The topological polar surface area (TPSA) is 54.0 Å². The number of ether oxygens (including phenoxy) is 2. The molecule has 5 nitrogen and oxygen atoms in total. The minimum absolute atomic E-state index is 0.204. The molecule has 0 aliphatic carbocycles. The average molecular weight is 615 g/mol. The van der Waals surface area contributed by atoms with Gasteiger partial charge in [-0.25, -0.2) is 0 Å². The van der Waals surface area contributed by atoms with E-state index in [9.17, 15) is 0 Å². The smallest absolute Gasteiger partial charge is 0.387 e. The summed E-state index contributed by atoms with van der Waals surface area (Å²) in [5, 5.41) is 1.84. The lowest BCUT2D eigenvalue weighted by Gasteiger charge is -2.25. The number of hydrogen-bond acceptors (Lipinski definition) is 5. The molecule has 0 N–H and O–H groups in total. The highest BCUT2D eigenvalue weighted by Gasteiger charge is 2.38. The molecule has 7 heteroatoms. The molecule has 224 valence electrons. The maximum Gasteiger partial charge on any atom is 0.387 e. The highest BCUT2D eigenvalue weighted by atomic mass is 31.1. The van der Waals surface area contributed by atoms with E-state index in [1.54, 1.807) is 14.2 Å². The second kappa shape index (κ2) is 12.4. The van der Waals surface area contributed by atoms with E-state index in [4.69, 9.17) is 22.4 Å². The Kier molecular flexibility index (Phi) is 8.60. The van der Waals surface area contributed by atoms with Gasteiger partial charge in [-0.2, -0.15) is 0 Å². The molecule has 3 atom stereocenters. The van der Waals surface area contributed by atoms with Gasteiger partial charge in [0.25, 0.3) is 0 Å². The van der Waals surface area contributed by atoms with Crippen molar-refractivity contribution in [3.8, 4) is 11.5 Å². The first kappa shape index (κ1) is 29.8. The molecule has 0 spiro atoms. The molecular weight excluding hydrogens is 574 g/mol. The second-order valence-corrected chi connectivity index (χ2v) is 15.8. The van der Waals surface area contributed by atoms with Gasteiger partial charge in [0.1, 0.15) is 22.7 Å². The van der Waals surface area contributed by atoms with Crippen LogP contribution in [-0.4, -0.2) is 20.6 Å². The fraction of sp³-hybridized carbons (Fsp3) is 0.333. The van der Waals surface area contributed by atoms with Crippen molar-refractivity contribution in [1.29, 1.82) is 0 Å². The van der Waals surface area contributed by atoms with Crippen molar-refractivity contribution in [2.45, 2.75) is 57.3 Å². The third kappa shape index (κ3) is 6.09. The van der Waals surface area contributed by atoms with Crippen LogP contribution in [-0.2, 0) is 5.41 Å². The lowest BCUT2D eigenvalue weighted by atomic mass is 9.85. The average Bonchev–Trinajstić information content (AvgIpc) is 3.37. The molecule has 43 heavy (non-hydrogen) atoms. The third-order valence-corrected chi connectivity index (χ3v) is 12.8. The first-order chi connectivity index (χ1) is 20.8. The molecule has 1 saturated heterocycles. The van der Waals surface area contributed by atoms with Crippen LogP contribution in [0.2, 0.25) is 0 Å². The summed E-state index contributed by atoms with van der Waals surface area (Å²) in [5.74, 6) is 1.54. The predicted octanol–water partition coefficient (Wildman–Crippen LogP) is 11.1. The highest BCUT2D eigenvalue weighted by molar-refractivity contribution is 7.59. The summed E-state index contributed by atoms with van der Waals surface area (Å²) in [6.45, 7) is 8.61. The van der Waals surface area contributed by atoms with Crippen LogP contribution in [0.4, 0.5) is 0 Å². The standard InChI is InChI=1S/C36H40O5P2/c1-24-19-27(37-5)20-29-30-21-28(38-6)22-31(36(2,3)4)35(30)41-43(40-34(24)29)39-23-42-32(25-13-9-7-10-14-25)17-18-33(42)26-15-11-8-12-16-26/h7-16,19-22,32-33H,17-18,23H2,1-6H3/t32-,33-,43?/m0/s1. The van der Waals surface area contributed by atoms with E-state index in [-0.39, 0.29) is 5.41 Å². The summed E-state index contributed by atoms with van der Waals surface area (Å²) in [6.07, 6.45) is 2.90. The minimum atomic E-state index is -1.74. The third-order valence-electron chi connectivity index (χ3n) is 8.41. The number of hydrogen-bond donors (Lipinski definition) is 0. The summed E-state index contributed by atoms with van der Waals surface area (Å²) in [5.41, 5.74) is 7.07. The Bertz CT molecular complexity index is 1710. The lowest BCUT2D eigenvalue weighted by molar-refractivity contribution is 0.412. The number of rotatable bonds is 7. The van der Waals surface area contributed by atoms with Gasteiger partial charge < -0.3 is 17.9 Å². The normalized spacial score (nSPS) is 17.9. The zero-order valence-corrected chi connectivity index (χ0v) is 27.6. The molecule has 1 aliphatic rings. The van der Waals surface area contributed by atoms with Crippen LogP contribution in [0.1, 0.15) is 67.2 Å². The molecule has 0 amide bonds. The molecule has 1 aliphatic heterocycles. The number of methoxy groups -OCH3 is 2. The van der Waals surface area contributed by atoms with E-state index in [1.807, 2.05) is 25.1 Å². The van der Waals surface area contributed by atoms with E-state index < -0.39 is 16.2 Å². The minimum Gasteiger partial charge on any atom is -0.497 e. The zero-order valence-electron chi connectivity index (χ0n) is 25.8. The van der Waals surface area contributed by atoms with E-state index in [1.165, 1.54) is 11.1 Å². The van der Waals surface area contributed by atoms with Crippen LogP contribution in [0.25, 0.3) is 21.9 Å². The van der Waals surface area contributed by atoms with Gasteiger partial charge in [0.2, 0.25) is 0 Å². The van der Waals surface area contributed by atoms with Crippen molar-refractivity contribution in [2.75, 3.05) is 20.6 Å². The summed E-state index contributed by atoms with van der Waals surface area (Å²) >= 11 is 0. The molecule has 2 heterocycles. The van der Waals surface area contributed by atoms with Gasteiger partial charge >= 0.3 is 8.24 Å². The van der Waals surface area contributed by atoms with Crippen LogP contribution in [0.5, 0.6) is 11.5 Å². The SMILES string of the molecule is COc1cc(C)c2op(OCP3[C@H](c4ccccc4)CC[C@H]3c3ccccc3)oc3c(C(C)(C)C)cc(OC)cc3c2c1. The second-order valence-electron chi connectivity index (χ2n) is 12.2. The Labute approximate surface area is 256 Å². The summed E-state index contributed by atoms with van der Waals surface area (Å²) in [7, 11) is 1.10. The van der Waals surface area contributed by atoms with Crippen LogP contribution < -0.4 is 14.0 Å². The Balaban J connectivity index is 1.50. The maximum atomic E-state index is 6.80. The molecule has 6 rings (SSSR count). The first-order valence-corrected chi connectivity index (χ1v) is 17.6. The quantitative estimate of drug-likeness (QED) is 0.171. The zero-order chi connectivity index (χ0) is 30.1. The van der Waals surface area contributed by atoms with Gasteiger partial charge in [-0.05, 0) is 66.1 Å². The van der Waals surface area contributed by atoms with Gasteiger partial charge in [0.05, 0.1) is 20.6 Å². The summed E-state index contributed by atoms with van der Waals surface area (Å²) in [6, 6.07) is 30.0. The van der Waals surface area contributed by atoms with Crippen molar-refractivity contribution < 1.29 is 22.4 Å². The number of fused-ring (bicyclic) bond motifs is 3. The highest BCUT2D eigenvalue weighted by Crippen LogP contribution is 2.70. The van der Waals surface area contributed by atoms with Crippen LogP contribution in [0.3, 0.4) is 0 Å². The van der Waals surface area contributed by atoms with Crippen molar-refractivity contribution in [3.05, 3.63) is 107 Å². The molecule has 1 aromatic heterocycles. The summed E-state index contributed by atoms with van der Waals surface area (Å²) < 4.78 is 31.7. The Morgan fingerprint density at radius 1 is 0.721 bits per heavy atom. The van der Waals surface area contributed by atoms with Crippen molar-refractivity contribution >= 4 is 38.1 Å². The van der Waals surface area contributed by atoms with Gasteiger partial charge in [-0.1, -0.05) is 89.4 Å². The van der Waals surface area contributed by atoms with E-state index in [0.717, 1.165) is 57.4 Å². The Morgan fingerprint density at radius 3 is 1.77 bits per heavy atom. The molecule has 5 aromatic rings. The molecule has 0 bridgehead atoms. The van der Waals surface area contributed by atoms with Crippen LogP contribution in [0, 0.1) is 6.92 Å². The Morgan fingerprint density at radius 2 is 1.23 bits per heavy atom. The van der Waals surface area contributed by atoms with E-state index >= 15 is 0 Å². The van der Waals surface area contributed by atoms with E-state index in [0.29, 0.717) is 17.7 Å². The fourth-order valence-corrected chi connectivity index (χ4v) is 10.9.